The molecule has 1 atom stereocenters. The average molecular weight is 320 g/mol. The minimum atomic E-state index is -3.58. The van der Waals surface area contributed by atoms with Gasteiger partial charge < -0.3 is 9.84 Å². The molecule has 0 amide bonds. The van der Waals surface area contributed by atoms with Gasteiger partial charge in [-0.05, 0) is 30.7 Å². The van der Waals surface area contributed by atoms with Gasteiger partial charge in [0.1, 0.15) is 6.61 Å². The molecule has 110 valence electrons. The Hall–Kier alpha value is -1.15. The molecule has 1 N–H and O–H groups in total. The maximum atomic E-state index is 12.3. The van der Waals surface area contributed by atoms with Gasteiger partial charge in [0.25, 0.3) is 0 Å². The van der Waals surface area contributed by atoms with Crippen molar-refractivity contribution in [2.24, 2.45) is 0 Å². The minimum Gasteiger partial charge on any atom is -0.480 e. The number of carboxylic acid groups (broad SMARTS) is 1. The van der Waals surface area contributed by atoms with Crippen molar-refractivity contribution in [2.45, 2.75) is 17.4 Å². The standard InChI is InChI=1S/C12H14ClNO5S/c13-9-1-3-11(4-2-9)20(17,18)14-6-5-10(7-14)19-8-12(15)16/h1-4,10H,5-8H2,(H,15,16). The van der Waals surface area contributed by atoms with E-state index in [9.17, 15) is 13.2 Å². The molecule has 1 aromatic carbocycles. The number of rotatable bonds is 5. The second-order valence-corrected chi connectivity index (χ2v) is 6.81. The summed E-state index contributed by atoms with van der Waals surface area (Å²) in [5, 5.41) is 9.00. The number of carbonyl (C=O) groups is 1. The molecule has 8 heteroatoms. The molecule has 6 nitrogen and oxygen atoms in total. The fourth-order valence-corrected chi connectivity index (χ4v) is 3.61. The molecule has 1 aliphatic heterocycles. The van der Waals surface area contributed by atoms with Crippen molar-refractivity contribution in [3.63, 3.8) is 0 Å². The highest BCUT2D eigenvalue weighted by Gasteiger charge is 2.33. The summed E-state index contributed by atoms with van der Waals surface area (Å²) in [6.45, 7) is 0.0625. The lowest BCUT2D eigenvalue weighted by molar-refractivity contribution is -0.144. The molecule has 1 unspecified atom stereocenters. The highest BCUT2D eigenvalue weighted by Crippen LogP contribution is 2.23. The molecular formula is C12H14ClNO5S. The van der Waals surface area contributed by atoms with E-state index in [-0.39, 0.29) is 17.5 Å². The molecular weight excluding hydrogens is 306 g/mol. The van der Waals surface area contributed by atoms with Crippen LogP contribution >= 0.6 is 11.6 Å². The normalized spacial score (nSPS) is 20.1. The number of benzene rings is 1. The summed E-state index contributed by atoms with van der Waals surface area (Å²) in [5.41, 5.74) is 0. The van der Waals surface area contributed by atoms with E-state index in [0.29, 0.717) is 18.0 Å². The average Bonchev–Trinajstić information content (AvgIpc) is 2.86. The maximum Gasteiger partial charge on any atom is 0.329 e. The van der Waals surface area contributed by atoms with Gasteiger partial charge in [-0.15, -0.1) is 0 Å². The van der Waals surface area contributed by atoms with E-state index in [1.807, 2.05) is 0 Å². The minimum absolute atomic E-state index is 0.165. The van der Waals surface area contributed by atoms with Gasteiger partial charge in [-0.3, -0.25) is 0 Å². The second-order valence-electron chi connectivity index (χ2n) is 4.43. The van der Waals surface area contributed by atoms with Crippen molar-refractivity contribution in [3.05, 3.63) is 29.3 Å². The zero-order chi connectivity index (χ0) is 14.8. The number of hydrogen-bond acceptors (Lipinski definition) is 4. The largest absolute Gasteiger partial charge is 0.480 e. The van der Waals surface area contributed by atoms with E-state index >= 15 is 0 Å². The highest BCUT2D eigenvalue weighted by molar-refractivity contribution is 7.89. The van der Waals surface area contributed by atoms with Crippen LogP contribution in [0, 0.1) is 0 Å². The summed E-state index contributed by atoms with van der Waals surface area (Å²) in [7, 11) is -3.58. The predicted molar refractivity (Wildman–Crippen MR) is 72.2 cm³/mol. The lowest BCUT2D eigenvalue weighted by atomic mass is 10.3. The van der Waals surface area contributed by atoms with Crippen molar-refractivity contribution in [1.29, 1.82) is 0 Å². The number of sulfonamides is 1. The number of nitrogens with zero attached hydrogens (tertiary/aromatic N) is 1. The SMILES string of the molecule is O=C(O)COC1CCN(S(=O)(=O)c2ccc(Cl)cc2)C1. The quantitative estimate of drug-likeness (QED) is 0.881. The molecule has 1 heterocycles. The number of halogens is 1. The number of aliphatic carboxylic acids is 1. The zero-order valence-corrected chi connectivity index (χ0v) is 12.1. The summed E-state index contributed by atoms with van der Waals surface area (Å²) in [4.78, 5) is 10.6. The first kappa shape index (κ1) is 15.2. The van der Waals surface area contributed by atoms with E-state index < -0.39 is 22.6 Å². The van der Waals surface area contributed by atoms with Crippen LogP contribution < -0.4 is 0 Å². The van der Waals surface area contributed by atoms with Crippen LogP contribution in [0.5, 0.6) is 0 Å². The van der Waals surface area contributed by atoms with Crippen LogP contribution in [0.15, 0.2) is 29.2 Å². The van der Waals surface area contributed by atoms with Gasteiger partial charge in [0.2, 0.25) is 10.0 Å². The van der Waals surface area contributed by atoms with E-state index in [1.54, 1.807) is 0 Å². The molecule has 0 aliphatic carbocycles. The zero-order valence-electron chi connectivity index (χ0n) is 10.5. The number of ether oxygens (including phenoxy) is 1. The third kappa shape index (κ3) is 3.49. The molecule has 1 fully saturated rings. The van der Waals surface area contributed by atoms with Crippen molar-refractivity contribution in [1.82, 2.24) is 4.31 Å². The van der Waals surface area contributed by atoms with Gasteiger partial charge in [-0.2, -0.15) is 4.31 Å². The Morgan fingerprint density at radius 3 is 2.65 bits per heavy atom. The summed E-state index contributed by atoms with van der Waals surface area (Å²) < 4.78 is 31.1. The summed E-state index contributed by atoms with van der Waals surface area (Å²) in [6, 6.07) is 5.93. The van der Waals surface area contributed by atoms with Crippen LogP contribution in [0.1, 0.15) is 6.42 Å². The number of hydrogen-bond donors (Lipinski definition) is 1. The van der Waals surface area contributed by atoms with Crippen molar-refractivity contribution < 1.29 is 23.1 Å². The van der Waals surface area contributed by atoms with Crippen LogP contribution in [0.3, 0.4) is 0 Å². The third-order valence-electron chi connectivity index (χ3n) is 3.00. The Kier molecular flexibility index (Phi) is 4.64. The van der Waals surface area contributed by atoms with E-state index in [2.05, 4.69) is 0 Å². The molecule has 20 heavy (non-hydrogen) atoms. The smallest absolute Gasteiger partial charge is 0.329 e. The Morgan fingerprint density at radius 1 is 1.40 bits per heavy atom. The fourth-order valence-electron chi connectivity index (χ4n) is 2.00. The summed E-state index contributed by atoms with van der Waals surface area (Å²) in [5.74, 6) is -1.07. The van der Waals surface area contributed by atoms with Crippen LogP contribution in [0.4, 0.5) is 0 Å². The van der Waals surface area contributed by atoms with Gasteiger partial charge in [0.15, 0.2) is 0 Å². The first-order valence-electron chi connectivity index (χ1n) is 5.98. The van der Waals surface area contributed by atoms with Gasteiger partial charge in [0.05, 0.1) is 11.0 Å². The lowest BCUT2D eigenvalue weighted by Gasteiger charge is -2.16. The molecule has 1 saturated heterocycles. The molecule has 1 aliphatic rings. The Labute approximate surface area is 122 Å². The first-order chi connectivity index (χ1) is 9.39. The summed E-state index contributed by atoms with van der Waals surface area (Å²) in [6.07, 6.45) is 0.105. The van der Waals surface area contributed by atoms with Gasteiger partial charge in [0, 0.05) is 18.1 Å². The molecule has 0 radical (unpaired) electrons. The van der Waals surface area contributed by atoms with Crippen LogP contribution in [0.25, 0.3) is 0 Å². The van der Waals surface area contributed by atoms with Crippen LogP contribution in [-0.4, -0.2) is 49.6 Å². The molecule has 1 aromatic rings. The van der Waals surface area contributed by atoms with E-state index in [0.717, 1.165) is 0 Å². The fraction of sp³-hybridized carbons (Fsp3) is 0.417. The van der Waals surface area contributed by atoms with E-state index in [4.69, 9.17) is 21.4 Å². The van der Waals surface area contributed by atoms with Crippen LogP contribution in [0.2, 0.25) is 5.02 Å². The molecule has 0 spiro atoms. The number of carboxylic acids is 1. The first-order valence-corrected chi connectivity index (χ1v) is 7.80. The highest BCUT2D eigenvalue weighted by atomic mass is 35.5. The second kappa shape index (κ2) is 6.09. The topological polar surface area (TPSA) is 83.9 Å². The maximum absolute atomic E-state index is 12.3. The summed E-state index contributed by atoms with van der Waals surface area (Å²) >= 11 is 5.73. The molecule has 0 aromatic heterocycles. The molecule has 0 bridgehead atoms. The molecule has 0 saturated carbocycles. The van der Waals surface area contributed by atoms with Crippen molar-refractivity contribution >= 4 is 27.6 Å². The van der Waals surface area contributed by atoms with Gasteiger partial charge in [-0.25, -0.2) is 13.2 Å². The third-order valence-corrected chi connectivity index (χ3v) is 5.13. The van der Waals surface area contributed by atoms with Crippen molar-refractivity contribution in [2.75, 3.05) is 19.7 Å². The Bertz CT molecular complexity index is 586. The molecule has 2 rings (SSSR count). The van der Waals surface area contributed by atoms with Gasteiger partial charge >= 0.3 is 5.97 Å². The van der Waals surface area contributed by atoms with Crippen molar-refractivity contribution in [3.8, 4) is 0 Å². The Morgan fingerprint density at radius 2 is 2.05 bits per heavy atom. The van der Waals surface area contributed by atoms with Crippen LogP contribution in [-0.2, 0) is 19.6 Å². The lowest BCUT2D eigenvalue weighted by Crippen LogP contribution is -2.30. The predicted octanol–water partition coefficient (Wildman–Crippen LogP) is 1.20. The monoisotopic (exact) mass is 319 g/mol. The van der Waals surface area contributed by atoms with E-state index in [1.165, 1.54) is 28.6 Å². The van der Waals surface area contributed by atoms with Gasteiger partial charge in [-0.1, -0.05) is 11.6 Å². The Balaban J connectivity index is 2.05.